The topological polar surface area (TPSA) is 96.8 Å². The number of carbonyl (C=O) groups excluding carboxylic acids is 1. The second-order valence-corrected chi connectivity index (χ2v) is 9.80. The lowest BCUT2D eigenvalue weighted by Crippen LogP contribution is -2.64. The Hall–Kier alpha value is -3.14. The van der Waals surface area contributed by atoms with Crippen molar-refractivity contribution in [2.45, 2.75) is 43.9 Å². The van der Waals surface area contributed by atoms with Gasteiger partial charge in [0.25, 0.3) is 0 Å². The van der Waals surface area contributed by atoms with Gasteiger partial charge in [0.15, 0.2) is 17.3 Å². The fourth-order valence-corrected chi connectivity index (χ4v) is 5.24. The maximum Gasteiger partial charge on any atom is 0.246 e. The van der Waals surface area contributed by atoms with Gasteiger partial charge in [0.1, 0.15) is 18.2 Å². The summed E-state index contributed by atoms with van der Waals surface area (Å²) in [7, 11) is 0. The molecule has 1 aromatic heterocycles. The van der Waals surface area contributed by atoms with Crippen LogP contribution in [0.3, 0.4) is 0 Å². The number of halogens is 3. The Morgan fingerprint density at radius 1 is 1.22 bits per heavy atom. The fourth-order valence-electron chi connectivity index (χ4n) is 4.93. The van der Waals surface area contributed by atoms with Gasteiger partial charge in [-0.1, -0.05) is 29.8 Å². The van der Waals surface area contributed by atoms with Gasteiger partial charge in [-0.3, -0.25) is 4.79 Å². The lowest BCUT2D eigenvalue weighted by molar-refractivity contribution is -0.148. The molecule has 3 heterocycles. The maximum absolute atomic E-state index is 14.7. The highest BCUT2D eigenvalue weighted by Gasteiger charge is 2.48. The average Bonchev–Trinajstić information content (AvgIpc) is 2.89. The van der Waals surface area contributed by atoms with E-state index in [0.29, 0.717) is 54.1 Å². The van der Waals surface area contributed by atoms with E-state index in [1.54, 1.807) is 12.1 Å². The molecule has 6 rings (SSSR count). The predicted octanol–water partition coefficient (Wildman–Crippen LogP) is 5.28. The van der Waals surface area contributed by atoms with Crippen molar-refractivity contribution < 1.29 is 23.8 Å². The molecule has 37 heavy (non-hydrogen) atoms. The van der Waals surface area contributed by atoms with Gasteiger partial charge in [-0.25, -0.2) is 14.4 Å². The molecular weight excluding hydrogens is 522 g/mol. The van der Waals surface area contributed by atoms with Gasteiger partial charge in [-0.15, -0.1) is 0 Å². The van der Waals surface area contributed by atoms with Crippen molar-refractivity contribution in [1.82, 2.24) is 14.9 Å². The zero-order valence-electron chi connectivity index (χ0n) is 19.8. The minimum Gasteiger partial charge on any atom is -0.490 e. The minimum absolute atomic E-state index is 0.00558. The van der Waals surface area contributed by atoms with Crippen LogP contribution in [-0.2, 0) is 4.79 Å². The molecule has 2 bridgehead atoms. The van der Waals surface area contributed by atoms with Gasteiger partial charge in [-0.05, 0) is 30.7 Å². The summed E-state index contributed by atoms with van der Waals surface area (Å²) in [5.41, 5.74) is 0.665. The highest BCUT2D eigenvalue weighted by molar-refractivity contribution is 6.42. The number of rotatable bonds is 9. The Morgan fingerprint density at radius 3 is 2.73 bits per heavy atom. The molecular formula is C26H25Cl2FN4O4. The molecule has 2 aromatic carbocycles. The van der Waals surface area contributed by atoms with Crippen LogP contribution in [0.15, 0.2) is 43.2 Å². The molecule has 2 aliphatic heterocycles. The summed E-state index contributed by atoms with van der Waals surface area (Å²) in [6, 6.07) is 6.70. The normalized spacial score (nSPS) is 20.3. The highest BCUT2D eigenvalue weighted by Crippen LogP contribution is 2.42. The SMILES string of the molecule is C=CC(=O)N1C2CC(Oc3cc4c(Nc5ccc(Cl)c(Cl)c5F)ncnc4cc3OCCCO)CC1C2. The van der Waals surface area contributed by atoms with Crippen molar-refractivity contribution in [1.29, 1.82) is 0 Å². The van der Waals surface area contributed by atoms with Gasteiger partial charge in [0, 0.05) is 49.4 Å². The smallest absolute Gasteiger partial charge is 0.246 e. The van der Waals surface area contributed by atoms with Gasteiger partial charge < -0.3 is 24.8 Å². The van der Waals surface area contributed by atoms with Crippen LogP contribution < -0.4 is 14.8 Å². The molecule has 194 valence electrons. The molecule has 8 nitrogen and oxygen atoms in total. The van der Waals surface area contributed by atoms with E-state index in [9.17, 15) is 14.3 Å². The first kappa shape index (κ1) is 25.5. The number of amides is 1. The third-order valence-corrected chi connectivity index (χ3v) is 7.45. The third-order valence-electron chi connectivity index (χ3n) is 6.67. The summed E-state index contributed by atoms with van der Waals surface area (Å²) >= 11 is 11.9. The lowest BCUT2D eigenvalue weighted by atomic mass is 9.78. The van der Waals surface area contributed by atoms with Crippen LogP contribution in [0.2, 0.25) is 10.0 Å². The Morgan fingerprint density at radius 2 is 2.00 bits per heavy atom. The van der Waals surface area contributed by atoms with Gasteiger partial charge in [0.05, 0.1) is 27.9 Å². The molecule has 0 radical (unpaired) electrons. The molecule has 3 aliphatic rings. The summed E-state index contributed by atoms with van der Waals surface area (Å²) in [4.78, 5) is 22.6. The van der Waals surface area contributed by atoms with E-state index >= 15 is 0 Å². The Labute approximate surface area is 223 Å². The Kier molecular flexibility index (Phi) is 7.37. The average molecular weight is 547 g/mol. The second kappa shape index (κ2) is 10.7. The van der Waals surface area contributed by atoms with Gasteiger partial charge in [0.2, 0.25) is 5.91 Å². The summed E-state index contributed by atoms with van der Waals surface area (Å²) in [6.45, 7) is 3.88. The van der Waals surface area contributed by atoms with E-state index in [4.69, 9.17) is 32.7 Å². The molecule has 1 saturated carbocycles. The van der Waals surface area contributed by atoms with E-state index in [0.717, 1.165) is 6.42 Å². The summed E-state index contributed by atoms with van der Waals surface area (Å²) in [5, 5.41) is 12.7. The number of aromatic nitrogens is 2. The van der Waals surface area contributed by atoms with Crippen molar-refractivity contribution in [2.75, 3.05) is 18.5 Å². The summed E-state index contributed by atoms with van der Waals surface area (Å²) in [5.74, 6) is 0.556. The van der Waals surface area contributed by atoms with Crippen molar-refractivity contribution in [3.8, 4) is 11.5 Å². The number of benzene rings is 2. The Balaban J connectivity index is 1.45. The van der Waals surface area contributed by atoms with Crippen LogP contribution in [0.1, 0.15) is 25.7 Å². The van der Waals surface area contributed by atoms with Crippen molar-refractivity contribution in [3.05, 3.63) is 59.1 Å². The number of piperidine rings is 1. The standard InChI is InChI=1S/C26H25Cl2FN4O4/c1-2-23(35)33-14-8-15(33)10-16(9-14)37-22-11-17-20(12-21(22)36-7-3-6-34)30-13-31-26(17)32-19-5-4-18(27)24(28)25(19)29/h2,4-5,11-16,34H,1,3,6-10H2,(H,30,31,32). The number of nitrogens with zero attached hydrogens (tertiary/aromatic N) is 3. The number of hydrogen-bond acceptors (Lipinski definition) is 7. The van der Waals surface area contributed by atoms with Gasteiger partial charge >= 0.3 is 0 Å². The molecule has 11 heteroatoms. The molecule has 2 N–H and O–H groups in total. The molecule has 3 fully saturated rings. The van der Waals surface area contributed by atoms with E-state index in [-0.39, 0.29) is 46.4 Å². The predicted molar refractivity (Wildman–Crippen MR) is 139 cm³/mol. The minimum atomic E-state index is -0.693. The number of anilines is 2. The number of ether oxygens (including phenoxy) is 2. The number of hydrogen-bond donors (Lipinski definition) is 2. The number of carbonyl (C=O) groups is 1. The van der Waals surface area contributed by atoms with Crippen molar-refractivity contribution >= 4 is 51.5 Å². The number of aliphatic hydroxyl groups is 1. The van der Waals surface area contributed by atoms with Crippen LogP contribution >= 0.6 is 23.2 Å². The number of aliphatic hydroxyl groups excluding tert-OH is 1. The maximum atomic E-state index is 14.7. The quantitative estimate of drug-likeness (QED) is 0.214. The summed E-state index contributed by atoms with van der Waals surface area (Å²) < 4.78 is 27.0. The molecule has 3 aromatic rings. The first-order valence-electron chi connectivity index (χ1n) is 11.9. The number of fused-ring (bicyclic) bond motifs is 3. The Bertz CT molecular complexity index is 1350. The van der Waals surface area contributed by atoms with Crippen molar-refractivity contribution in [2.24, 2.45) is 0 Å². The van der Waals surface area contributed by atoms with E-state index in [2.05, 4.69) is 21.9 Å². The van der Waals surface area contributed by atoms with Crippen LogP contribution in [-0.4, -0.2) is 57.3 Å². The summed E-state index contributed by atoms with van der Waals surface area (Å²) in [6.07, 6.45) is 5.37. The third kappa shape index (κ3) is 5.03. The van der Waals surface area contributed by atoms with Gasteiger partial charge in [-0.2, -0.15) is 0 Å². The molecule has 1 amide bonds. The first-order chi connectivity index (χ1) is 17.9. The fraction of sp³-hybridized carbons (Fsp3) is 0.346. The van der Waals surface area contributed by atoms with Crippen LogP contribution in [0.5, 0.6) is 11.5 Å². The monoisotopic (exact) mass is 546 g/mol. The van der Waals surface area contributed by atoms with E-state index in [1.165, 1.54) is 24.5 Å². The van der Waals surface area contributed by atoms with E-state index < -0.39 is 5.82 Å². The second-order valence-electron chi connectivity index (χ2n) is 9.02. The zero-order valence-corrected chi connectivity index (χ0v) is 21.3. The molecule has 2 atom stereocenters. The number of nitrogens with one attached hydrogen (secondary N) is 1. The molecule has 1 aliphatic carbocycles. The van der Waals surface area contributed by atoms with Crippen LogP contribution in [0.25, 0.3) is 10.9 Å². The molecule has 2 saturated heterocycles. The highest BCUT2D eigenvalue weighted by atomic mass is 35.5. The van der Waals surface area contributed by atoms with Crippen molar-refractivity contribution in [3.63, 3.8) is 0 Å². The first-order valence-corrected chi connectivity index (χ1v) is 12.7. The van der Waals surface area contributed by atoms with Crippen LogP contribution in [0, 0.1) is 5.82 Å². The molecule has 2 unspecified atom stereocenters. The lowest BCUT2D eigenvalue weighted by Gasteiger charge is -2.54. The van der Waals surface area contributed by atoms with Crippen LogP contribution in [0.4, 0.5) is 15.9 Å². The van der Waals surface area contributed by atoms with E-state index in [1.807, 2.05) is 4.90 Å². The zero-order chi connectivity index (χ0) is 26.1. The largest absolute Gasteiger partial charge is 0.490 e. The molecule has 0 spiro atoms.